The molecule has 112 valence electrons. The van der Waals surface area contributed by atoms with Crippen molar-refractivity contribution in [2.45, 2.75) is 26.4 Å². The van der Waals surface area contributed by atoms with E-state index >= 15 is 0 Å². The van der Waals surface area contributed by atoms with Crippen molar-refractivity contribution in [3.63, 3.8) is 0 Å². The van der Waals surface area contributed by atoms with Gasteiger partial charge in [-0.25, -0.2) is 14.7 Å². The van der Waals surface area contributed by atoms with E-state index in [1.54, 1.807) is 0 Å². The van der Waals surface area contributed by atoms with Gasteiger partial charge in [0.15, 0.2) is 0 Å². The highest BCUT2D eigenvalue weighted by atomic mass is 19.1. The molecule has 20 heavy (non-hydrogen) atoms. The van der Waals surface area contributed by atoms with Crippen LogP contribution in [-0.2, 0) is 10.4 Å². The summed E-state index contributed by atoms with van der Waals surface area (Å²) in [6, 6.07) is 4.94. The Hall–Kier alpha value is -1.66. The van der Waals surface area contributed by atoms with E-state index in [1.807, 2.05) is 13.8 Å². The Kier molecular flexibility index (Phi) is 5.91. The number of rotatable bonds is 6. The number of benzene rings is 1. The van der Waals surface area contributed by atoms with Crippen LogP contribution in [0.15, 0.2) is 24.3 Å². The van der Waals surface area contributed by atoms with Gasteiger partial charge in [0.25, 0.3) is 0 Å². The first-order chi connectivity index (χ1) is 9.31. The van der Waals surface area contributed by atoms with Gasteiger partial charge < -0.3 is 10.4 Å². The third kappa shape index (κ3) is 5.54. The molecule has 1 aromatic carbocycles. The van der Waals surface area contributed by atoms with Crippen molar-refractivity contribution in [3.05, 3.63) is 35.6 Å². The van der Waals surface area contributed by atoms with E-state index in [1.165, 1.54) is 31.2 Å². The number of urea groups is 1. The van der Waals surface area contributed by atoms with Gasteiger partial charge >= 0.3 is 6.03 Å². The molecule has 1 rings (SSSR count). The molecule has 0 heterocycles. The molecule has 0 spiro atoms. The summed E-state index contributed by atoms with van der Waals surface area (Å²) in [5.41, 5.74) is 1.45. The summed E-state index contributed by atoms with van der Waals surface area (Å²) in [6.45, 7) is 5.84. The van der Waals surface area contributed by atoms with Crippen LogP contribution in [0, 0.1) is 11.7 Å². The lowest BCUT2D eigenvalue weighted by Gasteiger charge is -2.24. The molecule has 1 aromatic rings. The van der Waals surface area contributed by atoms with Crippen LogP contribution in [0.4, 0.5) is 9.18 Å². The minimum Gasteiger partial charge on any atom is -0.384 e. The molecule has 5 nitrogen and oxygen atoms in total. The number of hydrogen-bond acceptors (Lipinski definition) is 3. The van der Waals surface area contributed by atoms with Crippen LogP contribution in [0.3, 0.4) is 0 Å². The average molecular weight is 284 g/mol. The van der Waals surface area contributed by atoms with Crippen LogP contribution in [0.5, 0.6) is 0 Å². The molecular weight excluding hydrogens is 263 g/mol. The van der Waals surface area contributed by atoms with Gasteiger partial charge in [-0.3, -0.25) is 4.84 Å². The van der Waals surface area contributed by atoms with E-state index in [0.717, 1.165) is 0 Å². The average Bonchev–Trinajstić information content (AvgIpc) is 2.36. The Morgan fingerprint density at radius 2 is 2.00 bits per heavy atom. The second-order valence-corrected chi connectivity index (χ2v) is 5.27. The summed E-state index contributed by atoms with van der Waals surface area (Å²) in [5, 5.41) is 12.7. The van der Waals surface area contributed by atoms with Crippen molar-refractivity contribution >= 4 is 6.03 Å². The molecule has 0 saturated heterocycles. The Bertz CT molecular complexity index is 433. The number of nitrogens with one attached hydrogen (secondary N) is 2. The van der Waals surface area contributed by atoms with Gasteiger partial charge in [-0.05, 0) is 30.5 Å². The van der Waals surface area contributed by atoms with Crippen LogP contribution in [-0.4, -0.2) is 24.3 Å². The summed E-state index contributed by atoms with van der Waals surface area (Å²) in [6.07, 6.45) is 0. The van der Waals surface area contributed by atoms with Gasteiger partial charge in [-0.15, -0.1) is 0 Å². The summed E-state index contributed by atoms with van der Waals surface area (Å²) in [7, 11) is 0. The highest BCUT2D eigenvalue weighted by molar-refractivity contribution is 5.72. The van der Waals surface area contributed by atoms with E-state index in [4.69, 9.17) is 4.84 Å². The largest absolute Gasteiger partial charge is 0.384 e. The van der Waals surface area contributed by atoms with Crippen LogP contribution in [0.25, 0.3) is 0 Å². The van der Waals surface area contributed by atoms with Crippen molar-refractivity contribution < 1.29 is 19.1 Å². The summed E-state index contributed by atoms with van der Waals surface area (Å²) >= 11 is 0. The van der Waals surface area contributed by atoms with E-state index in [9.17, 15) is 14.3 Å². The zero-order chi connectivity index (χ0) is 15.2. The SMILES string of the molecule is CC(C)CONC(=O)NC[C@@](C)(O)c1ccc(F)cc1. The molecule has 0 saturated carbocycles. The lowest BCUT2D eigenvalue weighted by atomic mass is 9.96. The number of hydroxylamine groups is 1. The second kappa shape index (κ2) is 7.21. The summed E-state index contributed by atoms with van der Waals surface area (Å²) in [5.74, 6) is -0.0741. The van der Waals surface area contributed by atoms with Gasteiger partial charge in [0.05, 0.1) is 13.2 Å². The van der Waals surface area contributed by atoms with Gasteiger partial charge in [0.2, 0.25) is 0 Å². The molecule has 3 N–H and O–H groups in total. The molecule has 0 aliphatic rings. The van der Waals surface area contributed by atoms with Crippen molar-refractivity contribution in [2.24, 2.45) is 5.92 Å². The third-order valence-corrected chi connectivity index (χ3v) is 2.64. The van der Waals surface area contributed by atoms with Crippen molar-refractivity contribution in [1.29, 1.82) is 0 Å². The topological polar surface area (TPSA) is 70.6 Å². The third-order valence-electron chi connectivity index (χ3n) is 2.64. The van der Waals surface area contributed by atoms with Gasteiger partial charge in [0.1, 0.15) is 11.4 Å². The number of carbonyl (C=O) groups excluding carboxylic acids is 1. The smallest absolute Gasteiger partial charge is 0.338 e. The molecule has 0 bridgehead atoms. The van der Waals surface area contributed by atoms with Crippen molar-refractivity contribution in [1.82, 2.24) is 10.8 Å². The Balaban J connectivity index is 2.42. The number of aliphatic hydroxyl groups is 1. The fourth-order valence-corrected chi connectivity index (χ4v) is 1.47. The van der Waals surface area contributed by atoms with E-state index in [0.29, 0.717) is 18.1 Å². The minimum absolute atomic E-state index is 0.0183. The van der Waals surface area contributed by atoms with Gasteiger partial charge in [-0.2, -0.15) is 0 Å². The molecule has 0 aliphatic heterocycles. The molecule has 0 radical (unpaired) electrons. The Morgan fingerprint density at radius 3 is 2.55 bits per heavy atom. The van der Waals surface area contributed by atoms with Crippen molar-refractivity contribution in [3.8, 4) is 0 Å². The molecule has 0 fully saturated rings. The zero-order valence-corrected chi connectivity index (χ0v) is 11.9. The van der Waals surface area contributed by atoms with Crippen LogP contribution >= 0.6 is 0 Å². The number of carbonyl (C=O) groups is 1. The summed E-state index contributed by atoms with van der Waals surface area (Å²) in [4.78, 5) is 16.4. The highest BCUT2D eigenvalue weighted by Gasteiger charge is 2.23. The summed E-state index contributed by atoms with van der Waals surface area (Å²) < 4.78 is 12.8. The maximum absolute atomic E-state index is 12.8. The lowest BCUT2D eigenvalue weighted by molar-refractivity contribution is 0.0348. The molecule has 0 unspecified atom stereocenters. The van der Waals surface area contributed by atoms with Crippen LogP contribution < -0.4 is 10.8 Å². The van der Waals surface area contributed by atoms with E-state index in [2.05, 4.69) is 10.8 Å². The van der Waals surface area contributed by atoms with Gasteiger partial charge in [0, 0.05) is 0 Å². The number of hydrogen-bond donors (Lipinski definition) is 3. The molecule has 1 atom stereocenters. The highest BCUT2D eigenvalue weighted by Crippen LogP contribution is 2.19. The molecule has 6 heteroatoms. The van der Waals surface area contributed by atoms with Crippen molar-refractivity contribution in [2.75, 3.05) is 13.2 Å². The predicted molar refractivity (Wildman–Crippen MR) is 73.3 cm³/mol. The van der Waals surface area contributed by atoms with E-state index in [-0.39, 0.29) is 12.4 Å². The fourth-order valence-electron chi connectivity index (χ4n) is 1.47. The quantitative estimate of drug-likeness (QED) is 0.699. The first kappa shape index (κ1) is 16.4. The molecule has 0 aromatic heterocycles. The second-order valence-electron chi connectivity index (χ2n) is 5.27. The fraction of sp³-hybridized carbons (Fsp3) is 0.500. The van der Waals surface area contributed by atoms with Crippen LogP contribution in [0.2, 0.25) is 0 Å². The number of halogens is 1. The monoisotopic (exact) mass is 284 g/mol. The minimum atomic E-state index is -1.29. The Labute approximate surface area is 118 Å². The van der Waals surface area contributed by atoms with Crippen LogP contribution in [0.1, 0.15) is 26.3 Å². The first-order valence-electron chi connectivity index (χ1n) is 6.45. The predicted octanol–water partition coefficient (Wildman–Crippen LogP) is 1.92. The first-order valence-corrected chi connectivity index (χ1v) is 6.45. The normalized spacial score (nSPS) is 13.9. The number of amides is 2. The standard InChI is InChI=1S/C14H21FN2O3/c1-10(2)8-20-17-13(18)16-9-14(3,19)11-4-6-12(15)7-5-11/h4-7,10,19H,8-9H2,1-3H3,(H2,16,17,18)/t14-/m1/s1. The maximum atomic E-state index is 12.8. The van der Waals surface area contributed by atoms with E-state index < -0.39 is 11.6 Å². The zero-order valence-electron chi connectivity index (χ0n) is 11.9. The molecule has 2 amide bonds. The van der Waals surface area contributed by atoms with Gasteiger partial charge in [-0.1, -0.05) is 26.0 Å². The lowest BCUT2D eigenvalue weighted by Crippen LogP contribution is -2.43. The molecular formula is C14H21FN2O3. The molecule has 0 aliphatic carbocycles. The Morgan fingerprint density at radius 1 is 1.40 bits per heavy atom. The maximum Gasteiger partial charge on any atom is 0.338 e.